The van der Waals surface area contributed by atoms with Crippen LogP contribution in [0.2, 0.25) is 0 Å². The Labute approximate surface area is 148 Å². The lowest BCUT2D eigenvalue weighted by Crippen LogP contribution is -2.31. The minimum atomic E-state index is -0.0571. The molecule has 0 bridgehead atoms. The second kappa shape index (κ2) is 9.47. The molecule has 132 valence electrons. The van der Waals surface area contributed by atoms with Crippen molar-refractivity contribution >= 4 is 23.2 Å². The van der Waals surface area contributed by atoms with Crippen LogP contribution in [0.1, 0.15) is 24.5 Å². The first kappa shape index (κ1) is 18.5. The standard InChI is InChI=1S/C20H25N3O2/c1-3-19(24)23-18-11-7-10-17(15(18)2)22-14-20(25)21-13-12-16-8-5-4-6-9-16/h4-11,22H,3,12-14H2,1-2H3,(H,21,25)(H,23,24). The Morgan fingerprint density at radius 1 is 0.920 bits per heavy atom. The van der Waals surface area contributed by atoms with Crippen LogP contribution in [0, 0.1) is 6.92 Å². The fourth-order valence-electron chi connectivity index (χ4n) is 2.43. The lowest BCUT2D eigenvalue weighted by atomic mass is 10.1. The summed E-state index contributed by atoms with van der Waals surface area (Å²) in [6.07, 6.45) is 1.24. The Kier molecular flexibility index (Phi) is 7.01. The van der Waals surface area contributed by atoms with Gasteiger partial charge in [-0.3, -0.25) is 9.59 Å². The fourth-order valence-corrected chi connectivity index (χ4v) is 2.43. The van der Waals surface area contributed by atoms with Gasteiger partial charge in [0, 0.05) is 24.3 Å². The maximum absolute atomic E-state index is 12.0. The molecule has 5 heteroatoms. The van der Waals surface area contributed by atoms with Crippen LogP contribution in [-0.2, 0) is 16.0 Å². The number of carbonyl (C=O) groups is 2. The molecule has 2 aromatic rings. The molecular formula is C20H25N3O2. The number of hydrogen-bond donors (Lipinski definition) is 3. The third-order valence-corrected chi connectivity index (χ3v) is 3.95. The summed E-state index contributed by atoms with van der Waals surface area (Å²) < 4.78 is 0. The SMILES string of the molecule is CCC(=O)Nc1cccc(NCC(=O)NCCc2ccccc2)c1C. The van der Waals surface area contributed by atoms with Gasteiger partial charge in [-0.25, -0.2) is 0 Å². The molecule has 2 aromatic carbocycles. The molecule has 0 aliphatic carbocycles. The molecule has 5 nitrogen and oxygen atoms in total. The molecule has 0 heterocycles. The maximum atomic E-state index is 12.0. The molecule has 2 rings (SSSR count). The highest BCUT2D eigenvalue weighted by Crippen LogP contribution is 2.23. The van der Waals surface area contributed by atoms with Crippen molar-refractivity contribution < 1.29 is 9.59 Å². The third kappa shape index (κ3) is 5.95. The topological polar surface area (TPSA) is 70.2 Å². The van der Waals surface area contributed by atoms with E-state index in [1.807, 2.05) is 62.4 Å². The summed E-state index contributed by atoms with van der Waals surface area (Å²) in [5.74, 6) is -0.0859. The molecule has 0 radical (unpaired) electrons. The average Bonchev–Trinajstić information content (AvgIpc) is 2.63. The number of carbonyl (C=O) groups excluding carboxylic acids is 2. The van der Waals surface area contributed by atoms with E-state index in [4.69, 9.17) is 0 Å². The summed E-state index contributed by atoms with van der Waals surface area (Å²) in [6, 6.07) is 15.7. The Morgan fingerprint density at radius 3 is 2.36 bits per heavy atom. The van der Waals surface area contributed by atoms with Crippen LogP contribution >= 0.6 is 0 Å². The van der Waals surface area contributed by atoms with E-state index in [1.54, 1.807) is 0 Å². The Hall–Kier alpha value is -2.82. The lowest BCUT2D eigenvalue weighted by molar-refractivity contribution is -0.119. The molecule has 0 atom stereocenters. The molecule has 0 saturated carbocycles. The van der Waals surface area contributed by atoms with Gasteiger partial charge in [-0.15, -0.1) is 0 Å². The van der Waals surface area contributed by atoms with E-state index >= 15 is 0 Å². The van der Waals surface area contributed by atoms with Crippen molar-refractivity contribution in [3.8, 4) is 0 Å². The lowest BCUT2D eigenvalue weighted by Gasteiger charge is -2.14. The van der Waals surface area contributed by atoms with Crippen LogP contribution in [0.25, 0.3) is 0 Å². The third-order valence-electron chi connectivity index (χ3n) is 3.95. The van der Waals surface area contributed by atoms with Crippen LogP contribution in [0.4, 0.5) is 11.4 Å². The normalized spacial score (nSPS) is 10.2. The van der Waals surface area contributed by atoms with Crippen molar-refractivity contribution in [2.24, 2.45) is 0 Å². The molecular weight excluding hydrogens is 314 g/mol. The van der Waals surface area contributed by atoms with Crippen LogP contribution in [0.3, 0.4) is 0 Å². The summed E-state index contributed by atoms with van der Waals surface area (Å²) in [4.78, 5) is 23.5. The van der Waals surface area contributed by atoms with Crippen molar-refractivity contribution in [3.63, 3.8) is 0 Å². The Bertz CT molecular complexity index is 714. The largest absolute Gasteiger partial charge is 0.376 e. The highest BCUT2D eigenvalue weighted by atomic mass is 16.2. The van der Waals surface area contributed by atoms with Gasteiger partial charge in [0.2, 0.25) is 11.8 Å². The van der Waals surface area contributed by atoms with E-state index in [0.29, 0.717) is 13.0 Å². The van der Waals surface area contributed by atoms with Crippen molar-refractivity contribution in [1.29, 1.82) is 0 Å². The summed E-state index contributed by atoms with van der Waals surface area (Å²) in [7, 11) is 0. The molecule has 3 N–H and O–H groups in total. The van der Waals surface area contributed by atoms with E-state index in [0.717, 1.165) is 23.4 Å². The van der Waals surface area contributed by atoms with Gasteiger partial charge in [-0.2, -0.15) is 0 Å². The molecule has 2 amide bonds. The van der Waals surface area contributed by atoms with Gasteiger partial charge in [-0.05, 0) is 36.6 Å². The van der Waals surface area contributed by atoms with Gasteiger partial charge in [0.1, 0.15) is 0 Å². The molecule has 0 unspecified atom stereocenters. The predicted octanol–water partition coefficient (Wildman–Crippen LogP) is 3.11. The highest BCUT2D eigenvalue weighted by molar-refractivity contribution is 5.92. The van der Waals surface area contributed by atoms with Crippen molar-refractivity contribution in [2.75, 3.05) is 23.7 Å². The molecule has 0 spiro atoms. The number of benzene rings is 2. The molecule has 0 aliphatic rings. The second-order valence-corrected chi connectivity index (χ2v) is 5.82. The summed E-state index contributed by atoms with van der Waals surface area (Å²) >= 11 is 0. The highest BCUT2D eigenvalue weighted by Gasteiger charge is 2.07. The first-order valence-corrected chi connectivity index (χ1v) is 8.54. The predicted molar refractivity (Wildman–Crippen MR) is 102 cm³/mol. The monoisotopic (exact) mass is 339 g/mol. The number of hydrogen-bond acceptors (Lipinski definition) is 3. The number of rotatable bonds is 8. The van der Waals surface area contributed by atoms with Gasteiger partial charge in [0.05, 0.1) is 6.54 Å². The summed E-state index contributed by atoms with van der Waals surface area (Å²) in [6.45, 7) is 4.53. The first-order valence-electron chi connectivity index (χ1n) is 8.54. The summed E-state index contributed by atoms with van der Waals surface area (Å²) in [5.41, 5.74) is 3.72. The van der Waals surface area contributed by atoms with E-state index in [-0.39, 0.29) is 18.4 Å². The van der Waals surface area contributed by atoms with Gasteiger partial charge < -0.3 is 16.0 Å². The smallest absolute Gasteiger partial charge is 0.239 e. The zero-order valence-electron chi connectivity index (χ0n) is 14.8. The molecule has 0 aliphatic heterocycles. The average molecular weight is 339 g/mol. The molecule has 25 heavy (non-hydrogen) atoms. The molecule has 0 saturated heterocycles. The zero-order valence-corrected chi connectivity index (χ0v) is 14.8. The van der Waals surface area contributed by atoms with Gasteiger partial charge in [0.15, 0.2) is 0 Å². The quantitative estimate of drug-likeness (QED) is 0.692. The van der Waals surface area contributed by atoms with E-state index in [9.17, 15) is 9.59 Å². The number of nitrogens with one attached hydrogen (secondary N) is 3. The van der Waals surface area contributed by atoms with Crippen molar-refractivity contribution in [3.05, 3.63) is 59.7 Å². The first-order chi connectivity index (χ1) is 12.1. The van der Waals surface area contributed by atoms with Crippen molar-refractivity contribution in [1.82, 2.24) is 5.32 Å². The van der Waals surface area contributed by atoms with Gasteiger partial charge >= 0.3 is 0 Å². The zero-order chi connectivity index (χ0) is 18.1. The Morgan fingerprint density at radius 2 is 1.64 bits per heavy atom. The van der Waals surface area contributed by atoms with Crippen LogP contribution in [0.5, 0.6) is 0 Å². The van der Waals surface area contributed by atoms with Crippen LogP contribution in [0.15, 0.2) is 48.5 Å². The second-order valence-electron chi connectivity index (χ2n) is 5.82. The fraction of sp³-hybridized carbons (Fsp3) is 0.300. The van der Waals surface area contributed by atoms with E-state index < -0.39 is 0 Å². The molecule has 0 aromatic heterocycles. The van der Waals surface area contributed by atoms with E-state index in [2.05, 4.69) is 16.0 Å². The van der Waals surface area contributed by atoms with Crippen LogP contribution < -0.4 is 16.0 Å². The maximum Gasteiger partial charge on any atom is 0.239 e. The van der Waals surface area contributed by atoms with Crippen LogP contribution in [-0.4, -0.2) is 24.9 Å². The summed E-state index contributed by atoms with van der Waals surface area (Å²) in [5, 5.41) is 8.90. The van der Waals surface area contributed by atoms with Gasteiger partial charge in [-0.1, -0.05) is 43.3 Å². The minimum Gasteiger partial charge on any atom is -0.376 e. The minimum absolute atomic E-state index is 0.0288. The Balaban J connectivity index is 1.81. The number of amides is 2. The van der Waals surface area contributed by atoms with Gasteiger partial charge in [0.25, 0.3) is 0 Å². The number of anilines is 2. The van der Waals surface area contributed by atoms with Crippen molar-refractivity contribution in [2.45, 2.75) is 26.7 Å². The van der Waals surface area contributed by atoms with E-state index in [1.165, 1.54) is 5.56 Å². The molecule has 0 fully saturated rings.